The number of aliphatic carboxylic acids is 1. The van der Waals surface area contributed by atoms with Crippen LogP contribution in [0.3, 0.4) is 0 Å². The molecule has 0 fully saturated rings. The van der Waals surface area contributed by atoms with Crippen LogP contribution in [0, 0.1) is 17.3 Å². The zero-order chi connectivity index (χ0) is 23.0. The molecule has 2 rings (SSSR count). The summed E-state index contributed by atoms with van der Waals surface area (Å²) in [5, 5.41) is 20.6. The summed E-state index contributed by atoms with van der Waals surface area (Å²) in [6, 6.07) is 8.09. The van der Waals surface area contributed by atoms with Crippen molar-refractivity contribution in [2.24, 2.45) is 5.41 Å². The van der Waals surface area contributed by atoms with Crippen LogP contribution in [0.2, 0.25) is 0 Å². The highest BCUT2D eigenvalue weighted by Gasteiger charge is 2.17. The number of aromatic hydroxyl groups is 1. The number of pyridine rings is 1. The van der Waals surface area contributed by atoms with E-state index in [1.807, 2.05) is 20.8 Å². The van der Waals surface area contributed by atoms with Crippen LogP contribution in [0.1, 0.15) is 53.6 Å². The zero-order valence-corrected chi connectivity index (χ0v) is 17.6. The van der Waals surface area contributed by atoms with E-state index in [1.165, 1.54) is 12.3 Å². The topological polar surface area (TPSA) is 126 Å². The van der Waals surface area contributed by atoms with Crippen LogP contribution >= 0.6 is 0 Å². The van der Waals surface area contributed by atoms with Crippen molar-refractivity contribution in [1.82, 2.24) is 10.3 Å². The lowest BCUT2D eigenvalue weighted by atomic mass is 9.88. The molecule has 0 radical (unpaired) electrons. The van der Waals surface area contributed by atoms with Gasteiger partial charge in [-0.2, -0.15) is 0 Å². The minimum absolute atomic E-state index is 0.0664. The molecule has 0 atom stereocenters. The van der Waals surface area contributed by atoms with E-state index in [-0.39, 0.29) is 23.5 Å². The summed E-state index contributed by atoms with van der Waals surface area (Å²) in [6.07, 6.45) is 1.75. The van der Waals surface area contributed by atoms with Gasteiger partial charge in [0.1, 0.15) is 24.7 Å². The van der Waals surface area contributed by atoms with Gasteiger partial charge in [-0.05, 0) is 35.7 Å². The molecule has 2 aromatic rings. The van der Waals surface area contributed by atoms with Crippen molar-refractivity contribution < 1.29 is 29.3 Å². The molecule has 0 saturated carbocycles. The van der Waals surface area contributed by atoms with Gasteiger partial charge in [0.15, 0.2) is 11.5 Å². The van der Waals surface area contributed by atoms with Gasteiger partial charge in [0.2, 0.25) is 0 Å². The smallest absolute Gasteiger partial charge is 0.322 e. The van der Waals surface area contributed by atoms with Crippen LogP contribution in [-0.4, -0.2) is 46.0 Å². The summed E-state index contributed by atoms with van der Waals surface area (Å²) < 4.78 is 5.52. The van der Waals surface area contributed by atoms with Gasteiger partial charge < -0.3 is 20.3 Å². The Hall–Kier alpha value is -3.86. The third-order valence-corrected chi connectivity index (χ3v) is 3.89. The van der Waals surface area contributed by atoms with Crippen LogP contribution in [-0.2, 0) is 4.79 Å². The molecule has 31 heavy (non-hydrogen) atoms. The Morgan fingerprint density at radius 2 is 1.84 bits per heavy atom. The number of carbonyl (C=O) groups is 3. The van der Waals surface area contributed by atoms with Crippen LogP contribution < -0.4 is 10.1 Å². The van der Waals surface area contributed by atoms with Gasteiger partial charge in [0, 0.05) is 23.7 Å². The fourth-order valence-electron chi connectivity index (χ4n) is 2.51. The predicted octanol–water partition coefficient (Wildman–Crippen LogP) is 2.65. The van der Waals surface area contributed by atoms with E-state index in [9.17, 15) is 19.5 Å². The van der Waals surface area contributed by atoms with Crippen molar-refractivity contribution in [3.05, 3.63) is 53.3 Å². The maximum atomic E-state index is 12.2. The lowest BCUT2D eigenvalue weighted by molar-refractivity contribution is -0.135. The van der Waals surface area contributed by atoms with E-state index in [0.29, 0.717) is 23.3 Å². The van der Waals surface area contributed by atoms with E-state index < -0.39 is 24.2 Å². The molecule has 1 heterocycles. The van der Waals surface area contributed by atoms with Crippen molar-refractivity contribution in [3.8, 4) is 23.3 Å². The third kappa shape index (κ3) is 7.82. The van der Waals surface area contributed by atoms with Crippen molar-refractivity contribution >= 4 is 17.7 Å². The largest absolute Gasteiger partial charge is 0.505 e. The first kappa shape index (κ1) is 23.4. The summed E-state index contributed by atoms with van der Waals surface area (Å²) in [6.45, 7) is 5.52. The number of hydrogen-bond donors (Lipinski definition) is 3. The average molecular weight is 424 g/mol. The normalized spacial score (nSPS) is 10.5. The number of carboxylic acid groups (broad SMARTS) is 1. The molecule has 1 aromatic heterocycles. The summed E-state index contributed by atoms with van der Waals surface area (Å²) >= 11 is 0. The van der Waals surface area contributed by atoms with Gasteiger partial charge >= 0.3 is 5.97 Å². The van der Waals surface area contributed by atoms with E-state index in [0.717, 1.165) is 0 Å². The fraction of sp³-hybridized carbons (Fsp3) is 0.304. The summed E-state index contributed by atoms with van der Waals surface area (Å²) in [7, 11) is 0. The number of ketones is 1. The number of rotatable bonds is 7. The van der Waals surface area contributed by atoms with Crippen molar-refractivity contribution in [2.45, 2.75) is 27.2 Å². The Morgan fingerprint density at radius 1 is 1.16 bits per heavy atom. The average Bonchev–Trinajstić information content (AvgIpc) is 2.68. The second kappa shape index (κ2) is 10.3. The molecule has 8 nitrogen and oxygen atoms in total. The first-order chi connectivity index (χ1) is 14.5. The Balaban J connectivity index is 1.91. The zero-order valence-electron chi connectivity index (χ0n) is 17.6. The lowest BCUT2D eigenvalue weighted by Gasteiger charge is -2.16. The highest BCUT2D eigenvalue weighted by atomic mass is 16.5. The Morgan fingerprint density at radius 3 is 2.42 bits per heavy atom. The highest BCUT2D eigenvalue weighted by Crippen LogP contribution is 2.22. The molecule has 1 aromatic carbocycles. The number of ether oxygens (including phenoxy) is 1. The molecule has 0 spiro atoms. The molecule has 0 unspecified atom stereocenters. The number of carbonyl (C=O) groups excluding carboxylic acids is 2. The maximum absolute atomic E-state index is 12.2. The van der Waals surface area contributed by atoms with E-state index in [4.69, 9.17) is 9.84 Å². The molecule has 8 heteroatoms. The molecule has 0 bridgehead atoms. The first-order valence-electron chi connectivity index (χ1n) is 9.49. The fourth-order valence-corrected chi connectivity index (χ4v) is 2.51. The number of benzene rings is 1. The number of aromatic nitrogens is 1. The first-order valence-corrected chi connectivity index (χ1v) is 9.49. The van der Waals surface area contributed by atoms with Crippen molar-refractivity contribution in [2.75, 3.05) is 13.2 Å². The monoisotopic (exact) mass is 424 g/mol. The minimum Gasteiger partial charge on any atom is -0.505 e. The van der Waals surface area contributed by atoms with Gasteiger partial charge in [-0.25, -0.2) is 4.98 Å². The Kier molecular flexibility index (Phi) is 7.75. The molecule has 0 aliphatic heterocycles. The summed E-state index contributed by atoms with van der Waals surface area (Å²) in [5.74, 6) is 3.74. The van der Waals surface area contributed by atoms with Crippen LogP contribution in [0.5, 0.6) is 11.5 Å². The SMILES string of the molecule is CC(C)(C)CC(=O)c1ccc(OCC#Cc2cnc(C(=O)NCC(=O)O)c(O)c2)cc1. The molecule has 162 valence electrons. The van der Waals surface area contributed by atoms with Crippen molar-refractivity contribution in [1.29, 1.82) is 0 Å². The Bertz CT molecular complexity index is 1030. The van der Waals surface area contributed by atoms with Gasteiger partial charge in [-0.3, -0.25) is 14.4 Å². The van der Waals surface area contributed by atoms with Crippen LogP contribution in [0.4, 0.5) is 0 Å². The van der Waals surface area contributed by atoms with E-state index >= 15 is 0 Å². The number of hydrogen-bond acceptors (Lipinski definition) is 6. The molecule has 0 saturated heterocycles. The predicted molar refractivity (Wildman–Crippen MR) is 113 cm³/mol. The second-order valence-corrected chi connectivity index (χ2v) is 7.94. The number of nitrogens with one attached hydrogen (secondary N) is 1. The maximum Gasteiger partial charge on any atom is 0.322 e. The lowest BCUT2D eigenvalue weighted by Crippen LogP contribution is -2.29. The number of amides is 1. The quantitative estimate of drug-likeness (QED) is 0.461. The number of nitrogens with zero attached hydrogens (tertiary/aromatic N) is 1. The standard InChI is InChI=1S/C23H24N2O6/c1-23(2,3)12-19(27)16-6-8-17(9-7-16)31-10-4-5-15-11-18(26)21(24-13-15)22(30)25-14-20(28)29/h6-9,11,13,26H,10,12,14H2,1-3H3,(H,25,30)(H,28,29). The Labute approximate surface area is 180 Å². The summed E-state index contributed by atoms with van der Waals surface area (Å²) in [4.78, 5) is 38.3. The van der Waals surface area contributed by atoms with Crippen LogP contribution in [0.15, 0.2) is 36.5 Å². The molecular weight excluding hydrogens is 400 g/mol. The minimum atomic E-state index is -1.21. The molecular formula is C23H24N2O6. The molecule has 0 aliphatic carbocycles. The third-order valence-electron chi connectivity index (χ3n) is 3.89. The number of Topliss-reactive ketones (excluding diaryl/α,β-unsaturated/α-hetero) is 1. The second-order valence-electron chi connectivity index (χ2n) is 7.94. The van der Waals surface area contributed by atoms with Gasteiger partial charge in [0.05, 0.1) is 0 Å². The molecule has 3 N–H and O–H groups in total. The highest BCUT2D eigenvalue weighted by molar-refractivity contribution is 5.97. The van der Waals surface area contributed by atoms with Crippen molar-refractivity contribution in [3.63, 3.8) is 0 Å². The number of carboxylic acids is 1. The summed E-state index contributed by atoms with van der Waals surface area (Å²) in [5.41, 5.74) is 0.622. The van der Waals surface area contributed by atoms with Gasteiger partial charge in [0.25, 0.3) is 5.91 Å². The molecule has 1 amide bonds. The van der Waals surface area contributed by atoms with E-state index in [1.54, 1.807) is 24.3 Å². The van der Waals surface area contributed by atoms with Gasteiger partial charge in [-0.15, -0.1) is 0 Å². The van der Waals surface area contributed by atoms with Gasteiger partial charge in [-0.1, -0.05) is 32.6 Å². The molecule has 0 aliphatic rings. The van der Waals surface area contributed by atoms with Crippen LogP contribution in [0.25, 0.3) is 0 Å². The van der Waals surface area contributed by atoms with E-state index in [2.05, 4.69) is 22.1 Å².